The van der Waals surface area contributed by atoms with Gasteiger partial charge < -0.3 is 9.47 Å². The largest absolute Gasteiger partial charge is 0.496 e. The first-order chi connectivity index (χ1) is 12.6. The highest BCUT2D eigenvalue weighted by molar-refractivity contribution is 9.10. The van der Waals surface area contributed by atoms with Crippen molar-refractivity contribution >= 4 is 27.7 Å². The number of hydrogen-bond acceptors (Lipinski definition) is 4. The van der Waals surface area contributed by atoms with Gasteiger partial charge in [-0.2, -0.15) is 0 Å². The third-order valence-corrected chi connectivity index (χ3v) is 7.19. The number of esters is 1. The number of benzene rings is 1. The number of carbonyl (C=O) groups excluding carboxylic acids is 2. The molecule has 1 aliphatic carbocycles. The Morgan fingerprint density at radius 1 is 1.44 bits per heavy atom. The smallest absolute Gasteiger partial charge is 0.306 e. The highest BCUT2D eigenvalue weighted by atomic mass is 79.9. The molecule has 1 heterocycles. The molecule has 0 N–H and O–H groups in total. The third kappa shape index (κ3) is 3.24. The lowest BCUT2D eigenvalue weighted by molar-refractivity contribution is -0.178. The molecule has 2 bridgehead atoms. The maximum Gasteiger partial charge on any atom is 0.306 e. The van der Waals surface area contributed by atoms with Crippen molar-refractivity contribution in [3.05, 3.63) is 39.9 Å². The van der Waals surface area contributed by atoms with Gasteiger partial charge in [0.15, 0.2) is 0 Å². The SMILES string of the molecule is C=C1C[C@H]2OC(=O)C[C@@](C)([C@@H]1C(=O)[C@H](C)c1c(Br)cc(C)cc1OC)[C@@H]2C. The van der Waals surface area contributed by atoms with Gasteiger partial charge in [0.2, 0.25) is 0 Å². The molecule has 0 spiro atoms. The van der Waals surface area contributed by atoms with E-state index in [4.69, 9.17) is 9.47 Å². The van der Waals surface area contributed by atoms with Crippen molar-refractivity contribution < 1.29 is 19.1 Å². The summed E-state index contributed by atoms with van der Waals surface area (Å²) in [5.41, 5.74) is 2.30. The third-order valence-electron chi connectivity index (χ3n) is 6.54. The van der Waals surface area contributed by atoms with Crippen molar-refractivity contribution in [2.45, 2.75) is 52.6 Å². The second kappa shape index (κ2) is 7.08. The summed E-state index contributed by atoms with van der Waals surface area (Å²) in [4.78, 5) is 25.8. The molecule has 3 rings (SSSR count). The Morgan fingerprint density at radius 2 is 2.11 bits per heavy atom. The average Bonchev–Trinajstić information content (AvgIpc) is 2.56. The van der Waals surface area contributed by atoms with Gasteiger partial charge in [-0.3, -0.25) is 9.59 Å². The van der Waals surface area contributed by atoms with Gasteiger partial charge in [0.05, 0.1) is 13.5 Å². The normalized spacial score (nSPS) is 31.3. The number of ether oxygens (including phenoxy) is 2. The summed E-state index contributed by atoms with van der Waals surface area (Å²) in [7, 11) is 1.62. The highest BCUT2D eigenvalue weighted by Crippen LogP contribution is 2.55. The molecule has 27 heavy (non-hydrogen) atoms. The van der Waals surface area contributed by atoms with Gasteiger partial charge in [0.25, 0.3) is 0 Å². The van der Waals surface area contributed by atoms with Crippen LogP contribution in [0.25, 0.3) is 0 Å². The van der Waals surface area contributed by atoms with Crippen LogP contribution in [0.15, 0.2) is 28.8 Å². The fourth-order valence-electron chi connectivity index (χ4n) is 4.86. The Balaban J connectivity index is 2.02. The number of hydrogen-bond donors (Lipinski definition) is 0. The van der Waals surface area contributed by atoms with Crippen molar-refractivity contribution in [2.75, 3.05) is 7.11 Å². The van der Waals surface area contributed by atoms with Crippen LogP contribution in [0.2, 0.25) is 0 Å². The number of methoxy groups -OCH3 is 1. The zero-order chi connectivity index (χ0) is 20.1. The molecule has 5 atom stereocenters. The van der Waals surface area contributed by atoms with E-state index in [2.05, 4.69) is 29.4 Å². The number of rotatable bonds is 4. The second-order valence-corrected chi connectivity index (χ2v) is 9.14. The first-order valence-corrected chi connectivity index (χ1v) is 10.1. The van der Waals surface area contributed by atoms with Gasteiger partial charge in [0.1, 0.15) is 17.6 Å². The molecule has 2 fully saturated rings. The van der Waals surface area contributed by atoms with Gasteiger partial charge >= 0.3 is 5.97 Å². The molecule has 5 heteroatoms. The van der Waals surface area contributed by atoms with Crippen LogP contribution >= 0.6 is 15.9 Å². The topological polar surface area (TPSA) is 52.6 Å². The van der Waals surface area contributed by atoms with Crippen molar-refractivity contribution in [3.8, 4) is 5.75 Å². The Morgan fingerprint density at radius 3 is 2.74 bits per heavy atom. The van der Waals surface area contributed by atoms with Crippen LogP contribution in [0.4, 0.5) is 0 Å². The van der Waals surface area contributed by atoms with E-state index in [1.165, 1.54) is 0 Å². The summed E-state index contributed by atoms with van der Waals surface area (Å²) in [5, 5.41) is 0. The van der Waals surface area contributed by atoms with Crippen LogP contribution in [-0.2, 0) is 14.3 Å². The Labute approximate surface area is 169 Å². The van der Waals surface area contributed by atoms with Crippen LogP contribution in [0.5, 0.6) is 5.75 Å². The number of ketones is 1. The molecule has 146 valence electrons. The lowest BCUT2D eigenvalue weighted by Gasteiger charge is -2.53. The van der Waals surface area contributed by atoms with Gasteiger partial charge in [-0.15, -0.1) is 0 Å². The molecule has 1 aliphatic heterocycles. The second-order valence-electron chi connectivity index (χ2n) is 8.28. The van der Waals surface area contributed by atoms with E-state index in [1.54, 1.807) is 7.11 Å². The van der Waals surface area contributed by atoms with E-state index < -0.39 is 5.41 Å². The van der Waals surface area contributed by atoms with Crippen LogP contribution in [0.1, 0.15) is 50.7 Å². The van der Waals surface area contributed by atoms with Crippen LogP contribution in [0.3, 0.4) is 0 Å². The minimum atomic E-state index is -0.467. The lowest BCUT2D eigenvalue weighted by atomic mass is 9.54. The quantitative estimate of drug-likeness (QED) is 0.495. The van der Waals surface area contributed by atoms with Gasteiger partial charge in [0, 0.05) is 34.2 Å². The lowest BCUT2D eigenvalue weighted by Crippen LogP contribution is -2.55. The standard InChI is InChI=1S/C22H27BrO4/c1-11-7-15(23)19(17(8-11)26-6)13(3)21(25)20-12(2)9-16-14(4)22(20,5)10-18(24)27-16/h7-8,13-14,16,20H,2,9-10H2,1,3-6H3/t13-,14-,16-,20+,22-/m1/s1. The predicted octanol–water partition coefficient (Wildman–Crippen LogP) is 4.97. The van der Waals surface area contributed by atoms with Gasteiger partial charge in [-0.1, -0.05) is 48.9 Å². The highest BCUT2D eigenvalue weighted by Gasteiger charge is 2.56. The zero-order valence-electron chi connectivity index (χ0n) is 16.6. The van der Waals surface area contributed by atoms with E-state index in [1.807, 2.05) is 32.9 Å². The molecule has 1 aromatic carbocycles. The maximum atomic E-state index is 13.7. The average molecular weight is 435 g/mol. The van der Waals surface area contributed by atoms with E-state index in [0.717, 1.165) is 21.2 Å². The molecule has 2 aliphatic rings. The molecular formula is C22H27BrO4. The van der Waals surface area contributed by atoms with Gasteiger partial charge in [-0.05, 0) is 30.0 Å². The molecule has 1 saturated carbocycles. The van der Waals surface area contributed by atoms with Crippen LogP contribution in [-0.4, -0.2) is 25.0 Å². The first kappa shape index (κ1) is 20.1. The fraction of sp³-hybridized carbons (Fsp3) is 0.545. The Bertz CT molecular complexity index is 815. The zero-order valence-corrected chi connectivity index (χ0v) is 18.2. The molecule has 0 radical (unpaired) electrons. The molecular weight excluding hydrogens is 408 g/mol. The number of Topliss-reactive ketones (excluding diaryl/α,β-unsaturated/α-hetero) is 1. The van der Waals surface area contributed by atoms with E-state index >= 15 is 0 Å². The van der Waals surface area contributed by atoms with Crippen molar-refractivity contribution in [1.82, 2.24) is 0 Å². The maximum absolute atomic E-state index is 13.7. The summed E-state index contributed by atoms with van der Waals surface area (Å²) in [5.74, 6) is -0.0637. The molecule has 1 saturated heterocycles. The van der Waals surface area contributed by atoms with E-state index in [9.17, 15) is 9.59 Å². The summed E-state index contributed by atoms with van der Waals surface area (Å²) < 4.78 is 11.9. The number of carbonyl (C=O) groups is 2. The van der Waals surface area contributed by atoms with Crippen LogP contribution < -0.4 is 4.74 Å². The summed E-state index contributed by atoms with van der Waals surface area (Å²) in [6.45, 7) is 12.2. The molecule has 1 aromatic rings. The Kier molecular flexibility index (Phi) is 5.28. The van der Waals surface area contributed by atoms with Crippen molar-refractivity contribution in [1.29, 1.82) is 0 Å². The fourth-order valence-corrected chi connectivity index (χ4v) is 5.76. The number of fused-ring (bicyclic) bond motifs is 2. The molecule has 0 aromatic heterocycles. The molecule has 4 nitrogen and oxygen atoms in total. The summed E-state index contributed by atoms with van der Waals surface area (Å²) in [6.07, 6.45) is 0.625. The van der Waals surface area contributed by atoms with E-state index in [0.29, 0.717) is 12.2 Å². The molecule has 0 amide bonds. The summed E-state index contributed by atoms with van der Waals surface area (Å²) >= 11 is 3.61. The predicted molar refractivity (Wildman–Crippen MR) is 108 cm³/mol. The minimum absolute atomic E-state index is 0.0883. The Hall–Kier alpha value is -1.62. The monoisotopic (exact) mass is 434 g/mol. The summed E-state index contributed by atoms with van der Waals surface area (Å²) in [6, 6.07) is 3.94. The number of halogens is 1. The number of aryl methyl sites for hydroxylation is 1. The van der Waals surface area contributed by atoms with Crippen LogP contribution in [0, 0.1) is 24.2 Å². The minimum Gasteiger partial charge on any atom is -0.496 e. The first-order valence-electron chi connectivity index (χ1n) is 9.35. The van der Waals surface area contributed by atoms with E-state index in [-0.39, 0.29) is 42.0 Å². The van der Waals surface area contributed by atoms with Gasteiger partial charge in [-0.25, -0.2) is 0 Å². The van der Waals surface area contributed by atoms with Crippen molar-refractivity contribution in [3.63, 3.8) is 0 Å². The molecule has 0 unspecified atom stereocenters. The van der Waals surface area contributed by atoms with Crippen molar-refractivity contribution in [2.24, 2.45) is 17.3 Å².